The van der Waals surface area contributed by atoms with Gasteiger partial charge >= 0.3 is 0 Å². The summed E-state index contributed by atoms with van der Waals surface area (Å²) in [5, 5.41) is 2.83. The number of rotatable bonds is 3. The Morgan fingerprint density at radius 3 is 2.60 bits per heavy atom. The first-order valence-corrected chi connectivity index (χ1v) is 8.48. The van der Waals surface area contributed by atoms with Crippen LogP contribution in [0.4, 0.5) is 5.69 Å². The van der Waals surface area contributed by atoms with Gasteiger partial charge in [-0.3, -0.25) is 9.10 Å². The van der Waals surface area contributed by atoms with Crippen LogP contribution in [0.15, 0.2) is 18.2 Å². The largest absolute Gasteiger partial charge is 0.350 e. The lowest BCUT2D eigenvalue weighted by Gasteiger charge is -2.22. The summed E-state index contributed by atoms with van der Waals surface area (Å²) in [6, 6.07) is 5.14. The Kier molecular flexibility index (Phi) is 3.77. The molecule has 1 heterocycles. The summed E-state index contributed by atoms with van der Waals surface area (Å²) in [4.78, 5) is 12.0. The monoisotopic (exact) mass is 296 g/mol. The van der Waals surface area contributed by atoms with Gasteiger partial charge in [0.15, 0.2) is 0 Å². The zero-order valence-corrected chi connectivity index (χ0v) is 13.0. The average Bonchev–Trinajstić information content (AvgIpc) is 2.61. The molecule has 0 saturated heterocycles. The summed E-state index contributed by atoms with van der Waals surface area (Å²) in [5.74, 6) is -0.131. The molecular weight excluding hydrogens is 276 g/mol. The molecule has 6 heteroatoms. The minimum Gasteiger partial charge on any atom is -0.350 e. The SMILES string of the molecule is CC(C)NC(=O)c1ccc2c(c1)C[C@H](C)N2S(C)(=O)=O. The molecule has 1 N–H and O–H groups in total. The molecular formula is C14H20N2O3S. The molecule has 1 aliphatic heterocycles. The summed E-state index contributed by atoms with van der Waals surface area (Å²) in [6.45, 7) is 5.67. The lowest BCUT2D eigenvalue weighted by Crippen LogP contribution is -2.34. The third kappa shape index (κ3) is 2.80. The predicted molar refractivity (Wildman–Crippen MR) is 79.5 cm³/mol. The van der Waals surface area contributed by atoms with Gasteiger partial charge in [-0.2, -0.15) is 0 Å². The Bertz CT molecular complexity index is 638. The van der Waals surface area contributed by atoms with Crippen LogP contribution in [0.5, 0.6) is 0 Å². The summed E-state index contributed by atoms with van der Waals surface area (Å²) < 4.78 is 25.1. The molecule has 1 amide bonds. The molecule has 0 bridgehead atoms. The Morgan fingerprint density at radius 1 is 1.40 bits per heavy atom. The summed E-state index contributed by atoms with van der Waals surface area (Å²) in [5.41, 5.74) is 2.15. The number of hydrogen-bond acceptors (Lipinski definition) is 3. The highest BCUT2D eigenvalue weighted by molar-refractivity contribution is 7.92. The van der Waals surface area contributed by atoms with Gasteiger partial charge in [0.25, 0.3) is 5.91 Å². The van der Waals surface area contributed by atoms with Crippen molar-refractivity contribution >= 4 is 21.6 Å². The fraction of sp³-hybridized carbons (Fsp3) is 0.500. The number of carbonyl (C=O) groups is 1. The van der Waals surface area contributed by atoms with Gasteiger partial charge in [-0.15, -0.1) is 0 Å². The second kappa shape index (κ2) is 5.09. The first kappa shape index (κ1) is 14.8. The number of carbonyl (C=O) groups excluding carboxylic acids is 1. The number of nitrogens with zero attached hydrogens (tertiary/aromatic N) is 1. The maximum Gasteiger partial charge on any atom is 0.251 e. The third-order valence-electron chi connectivity index (χ3n) is 3.27. The third-order valence-corrected chi connectivity index (χ3v) is 4.54. The van der Waals surface area contributed by atoms with Crippen molar-refractivity contribution in [2.45, 2.75) is 39.3 Å². The quantitative estimate of drug-likeness (QED) is 0.920. The van der Waals surface area contributed by atoms with Crippen LogP contribution < -0.4 is 9.62 Å². The molecule has 0 radical (unpaired) electrons. The Balaban J connectivity index is 2.36. The number of sulfonamides is 1. The first-order chi connectivity index (χ1) is 9.20. The van der Waals surface area contributed by atoms with Crippen molar-refractivity contribution in [2.75, 3.05) is 10.6 Å². The van der Waals surface area contributed by atoms with E-state index in [0.717, 1.165) is 5.56 Å². The standard InChI is InChI=1S/C14H20N2O3S/c1-9(2)15-14(17)11-5-6-13-12(8-11)7-10(3)16(13)20(4,18)19/h5-6,8-10H,7H2,1-4H3,(H,15,17)/t10-/m0/s1. The van der Waals surface area contributed by atoms with E-state index >= 15 is 0 Å². The van der Waals surface area contributed by atoms with Crippen molar-refractivity contribution in [1.29, 1.82) is 0 Å². The van der Waals surface area contributed by atoms with Gasteiger partial charge in [-0.25, -0.2) is 8.42 Å². The van der Waals surface area contributed by atoms with Crippen LogP contribution in [-0.4, -0.2) is 32.7 Å². The van der Waals surface area contributed by atoms with Gasteiger partial charge < -0.3 is 5.32 Å². The van der Waals surface area contributed by atoms with Gasteiger partial charge in [-0.05, 0) is 51.0 Å². The summed E-state index contributed by atoms with van der Waals surface area (Å²) >= 11 is 0. The van der Waals surface area contributed by atoms with Crippen LogP contribution >= 0.6 is 0 Å². The number of benzene rings is 1. The fourth-order valence-corrected chi connectivity index (χ4v) is 3.86. The van der Waals surface area contributed by atoms with Crippen molar-refractivity contribution in [3.63, 3.8) is 0 Å². The molecule has 5 nitrogen and oxygen atoms in total. The lowest BCUT2D eigenvalue weighted by molar-refractivity contribution is 0.0943. The molecule has 1 atom stereocenters. The molecule has 110 valence electrons. The minimum atomic E-state index is -3.28. The predicted octanol–water partition coefficient (Wildman–Crippen LogP) is 1.54. The normalized spacial score (nSPS) is 18.2. The van der Waals surface area contributed by atoms with Gasteiger partial charge in [0, 0.05) is 17.6 Å². The zero-order valence-electron chi connectivity index (χ0n) is 12.2. The van der Waals surface area contributed by atoms with Crippen molar-refractivity contribution in [2.24, 2.45) is 0 Å². The highest BCUT2D eigenvalue weighted by Crippen LogP contribution is 2.34. The highest BCUT2D eigenvalue weighted by Gasteiger charge is 2.32. The van der Waals surface area contributed by atoms with Crippen molar-refractivity contribution in [3.8, 4) is 0 Å². The zero-order chi connectivity index (χ0) is 15.1. The smallest absolute Gasteiger partial charge is 0.251 e. The maximum absolute atomic E-state index is 12.0. The maximum atomic E-state index is 12.0. The van der Waals surface area contributed by atoms with Crippen molar-refractivity contribution in [3.05, 3.63) is 29.3 Å². The van der Waals surface area contributed by atoms with Crippen molar-refractivity contribution in [1.82, 2.24) is 5.32 Å². The molecule has 0 spiro atoms. The molecule has 0 aromatic heterocycles. The van der Waals surface area contributed by atoms with Crippen LogP contribution in [0.2, 0.25) is 0 Å². The number of fused-ring (bicyclic) bond motifs is 1. The second-order valence-corrected chi connectivity index (χ2v) is 7.44. The van der Waals surface area contributed by atoms with E-state index in [4.69, 9.17) is 0 Å². The molecule has 1 aromatic rings. The Hall–Kier alpha value is -1.56. The van der Waals surface area contributed by atoms with Crippen LogP contribution in [-0.2, 0) is 16.4 Å². The van der Waals surface area contributed by atoms with Crippen LogP contribution in [0, 0.1) is 0 Å². The number of amides is 1. The van der Waals surface area contributed by atoms with Crippen LogP contribution in [0.3, 0.4) is 0 Å². The molecule has 0 fully saturated rings. The van der Waals surface area contributed by atoms with E-state index < -0.39 is 10.0 Å². The summed E-state index contributed by atoms with van der Waals surface area (Å²) in [6.07, 6.45) is 1.84. The topological polar surface area (TPSA) is 66.5 Å². The molecule has 0 unspecified atom stereocenters. The first-order valence-electron chi connectivity index (χ1n) is 6.63. The van der Waals surface area contributed by atoms with Gasteiger partial charge in [-0.1, -0.05) is 0 Å². The minimum absolute atomic E-state index is 0.0715. The summed E-state index contributed by atoms with van der Waals surface area (Å²) in [7, 11) is -3.28. The molecule has 2 rings (SSSR count). The molecule has 20 heavy (non-hydrogen) atoms. The van der Waals surface area contributed by atoms with E-state index in [-0.39, 0.29) is 18.0 Å². The molecule has 0 aliphatic carbocycles. The Labute approximate surface area is 120 Å². The van der Waals surface area contributed by atoms with Gasteiger partial charge in [0.2, 0.25) is 10.0 Å². The highest BCUT2D eigenvalue weighted by atomic mass is 32.2. The molecule has 1 aromatic carbocycles. The van der Waals surface area contributed by atoms with E-state index in [1.54, 1.807) is 18.2 Å². The lowest BCUT2D eigenvalue weighted by atomic mass is 10.1. The van der Waals surface area contributed by atoms with Gasteiger partial charge in [0.05, 0.1) is 11.9 Å². The number of anilines is 1. The Morgan fingerprint density at radius 2 is 2.05 bits per heavy atom. The molecule has 1 aliphatic rings. The van der Waals surface area contributed by atoms with Crippen molar-refractivity contribution < 1.29 is 13.2 Å². The number of nitrogens with one attached hydrogen (secondary N) is 1. The van der Waals surface area contributed by atoms with E-state index in [0.29, 0.717) is 17.7 Å². The number of hydrogen-bond donors (Lipinski definition) is 1. The van der Waals surface area contributed by atoms with E-state index in [9.17, 15) is 13.2 Å². The fourth-order valence-electron chi connectivity index (χ4n) is 2.59. The van der Waals surface area contributed by atoms with E-state index in [2.05, 4.69) is 5.32 Å². The van der Waals surface area contributed by atoms with Crippen LogP contribution in [0.1, 0.15) is 36.7 Å². The van der Waals surface area contributed by atoms with E-state index in [1.807, 2.05) is 20.8 Å². The average molecular weight is 296 g/mol. The van der Waals surface area contributed by atoms with Gasteiger partial charge in [0.1, 0.15) is 0 Å². The van der Waals surface area contributed by atoms with E-state index in [1.165, 1.54) is 10.6 Å². The second-order valence-electron chi connectivity index (χ2n) is 5.58. The van der Waals surface area contributed by atoms with Crippen LogP contribution in [0.25, 0.3) is 0 Å². The molecule has 0 saturated carbocycles.